The maximum absolute atomic E-state index is 13.6. The van der Waals surface area contributed by atoms with Crippen molar-refractivity contribution in [2.75, 3.05) is 33.3 Å². The van der Waals surface area contributed by atoms with Gasteiger partial charge in [0.05, 0.1) is 6.54 Å². The Labute approximate surface area is 183 Å². The molecule has 8 heteroatoms. The molecule has 1 aliphatic rings. The second kappa shape index (κ2) is 10.5. The standard InChI is InChI=1S/C23H27FN2O4S/c1-25(16-17-30-22-10-6-5-9-21(22)24)23(27)20-11-14-26(15-12-20)31(28,29)18-13-19-7-3-2-4-8-19/h2-10,13,18,20H,11-12,14-17H2,1H3/b18-13+. The fourth-order valence-corrected chi connectivity index (χ4v) is 4.67. The summed E-state index contributed by atoms with van der Waals surface area (Å²) in [6, 6.07) is 15.4. The molecule has 0 unspecified atom stereocenters. The van der Waals surface area contributed by atoms with Crippen molar-refractivity contribution in [3.63, 3.8) is 0 Å². The van der Waals surface area contributed by atoms with Gasteiger partial charge >= 0.3 is 0 Å². The van der Waals surface area contributed by atoms with Crippen LogP contribution in [0, 0.1) is 11.7 Å². The zero-order valence-electron chi connectivity index (χ0n) is 17.5. The lowest BCUT2D eigenvalue weighted by Gasteiger charge is -2.31. The molecule has 1 saturated heterocycles. The Kier molecular flexibility index (Phi) is 7.81. The predicted octanol–water partition coefficient (Wildman–Crippen LogP) is 3.38. The summed E-state index contributed by atoms with van der Waals surface area (Å²) in [4.78, 5) is 14.2. The normalized spacial score (nSPS) is 15.8. The minimum absolute atomic E-state index is 0.0472. The SMILES string of the molecule is CN(CCOc1ccccc1F)C(=O)C1CCN(S(=O)(=O)/C=C/c2ccccc2)CC1. The first-order valence-corrected chi connectivity index (χ1v) is 11.7. The quantitative estimate of drug-likeness (QED) is 0.624. The highest BCUT2D eigenvalue weighted by Gasteiger charge is 2.31. The smallest absolute Gasteiger partial charge is 0.236 e. The minimum Gasteiger partial charge on any atom is -0.489 e. The van der Waals surface area contributed by atoms with Gasteiger partial charge < -0.3 is 9.64 Å². The largest absolute Gasteiger partial charge is 0.489 e. The van der Waals surface area contributed by atoms with E-state index in [0.717, 1.165) is 5.56 Å². The number of hydrogen-bond acceptors (Lipinski definition) is 4. The van der Waals surface area contributed by atoms with Gasteiger partial charge in [0.15, 0.2) is 11.6 Å². The van der Waals surface area contributed by atoms with E-state index in [1.807, 2.05) is 30.3 Å². The molecule has 6 nitrogen and oxygen atoms in total. The van der Waals surface area contributed by atoms with E-state index in [4.69, 9.17) is 4.74 Å². The van der Waals surface area contributed by atoms with Crippen LogP contribution in [0.1, 0.15) is 18.4 Å². The van der Waals surface area contributed by atoms with Crippen molar-refractivity contribution in [2.24, 2.45) is 5.92 Å². The summed E-state index contributed by atoms with van der Waals surface area (Å²) in [7, 11) is -1.85. The second-order valence-corrected chi connectivity index (χ2v) is 9.29. The molecule has 1 aliphatic heterocycles. The molecule has 0 aliphatic carbocycles. The van der Waals surface area contributed by atoms with E-state index in [1.165, 1.54) is 15.8 Å². The highest BCUT2D eigenvalue weighted by molar-refractivity contribution is 7.92. The molecule has 1 amide bonds. The van der Waals surface area contributed by atoms with Gasteiger partial charge in [0.25, 0.3) is 0 Å². The van der Waals surface area contributed by atoms with Gasteiger partial charge in [-0.2, -0.15) is 4.31 Å². The number of benzene rings is 2. The van der Waals surface area contributed by atoms with Gasteiger partial charge in [0.1, 0.15) is 6.61 Å². The van der Waals surface area contributed by atoms with Crippen molar-refractivity contribution in [3.8, 4) is 5.75 Å². The highest BCUT2D eigenvalue weighted by atomic mass is 32.2. The molecule has 0 atom stereocenters. The molecule has 0 saturated carbocycles. The molecule has 0 bridgehead atoms. The molecule has 3 rings (SSSR count). The number of amides is 1. The summed E-state index contributed by atoms with van der Waals surface area (Å²) >= 11 is 0. The monoisotopic (exact) mass is 446 g/mol. The third kappa shape index (κ3) is 6.38. The molecule has 2 aromatic carbocycles. The van der Waals surface area contributed by atoms with Crippen LogP contribution in [0.4, 0.5) is 4.39 Å². The Morgan fingerprint density at radius 3 is 2.45 bits per heavy atom. The zero-order valence-corrected chi connectivity index (χ0v) is 18.3. The predicted molar refractivity (Wildman–Crippen MR) is 118 cm³/mol. The number of halogens is 1. The topological polar surface area (TPSA) is 66.9 Å². The number of rotatable bonds is 8. The van der Waals surface area contributed by atoms with Crippen LogP contribution in [0.5, 0.6) is 5.75 Å². The fraction of sp³-hybridized carbons (Fsp3) is 0.348. The lowest BCUT2D eigenvalue weighted by Crippen LogP contribution is -2.43. The van der Waals surface area contributed by atoms with E-state index in [-0.39, 0.29) is 24.2 Å². The lowest BCUT2D eigenvalue weighted by atomic mass is 9.97. The van der Waals surface area contributed by atoms with Crippen molar-refractivity contribution < 1.29 is 22.3 Å². The van der Waals surface area contributed by atoms with Crippen LogP contribution in [0.25, 0.3) is 6.08 Å². The first-order valence-electron chi connectivity index (χ1n) is 10.2. The fourth-order valence-electron chi connectivity index (χ4n) is 3.45. The Balaban J connectivity index is 1.46. The van der Waals surface area contributed by atoms with Crippen LogP contribution in [-0.2, 0) is 14.8 Å². The average Bonchev–Trinajstić information content (AvgIpc) is 2.79. The molecule has 166 valence electrons. The van der Waals surface area contributed by atoms with Crippen molar-refractivity contribution in [2.45, 2.75) is 12.8 Å². The van der Waals surface area contributed by atoms with E-state index >= 15 is 0 Å². The minimum atomic E-state index is -3.53. The van der Waals surface area contributed by atoms with Gasteiger partial charge in [0, 0.05) is 31.5 Å². The van der Waals surface area contributed by atoms with E-state index in [2.05, 4.69) is 0 Å². The number of hydrogen-bond donors (Lipinski definition) is 0. The van der Waals surface area contributed by atoms with Gasteiger partial charge in [-0.15, -0.1) is 0 Å². The molecule has 0 radical (unpaired) electrons. The van der Waals surface area contributed by atoms with Crippen LogP contribution in [0.15, 0.2) is 60.0 Å². The van der Waals surface area contributed by atoms with E-state index in [0.29, 0.717) is 32.5 Å². The number of sulfonamides is 1. The number of para-hydroxylation sites is 1. The molecule has 31 heavy (non-hydrogen) atoms. The van der Waals surface area contributed by atoms with E-state index in [9.17, 15) is 17.6 Å². The lowest BCUT2D eigenvalue weighted by molar-refractivity contribution is -0.135. The molecule has 0 N–H and O–H groups in total. The van der Waals surface area contributed by atoms with Crippen molar-refractivity contribution in [3.05, 3.63) is 71.4 Å². The number of piperidine rings is 1. The Hall–Kier alpha value is -2.71. The molecule has 0 aromatic heterocycles. The summed E-state index contributed by atoms with van der Waals surface area (Å²) in [5.41, 5.74) is 0.815. The van der Waals surface area contributed by atoms with Crippen molar-refractivity contribution in [1.29, 1.82) is 0 Å². The second-order valence-electron chi connectivity index (χ2n) is 7.47. The summed E-state index contributed by atoms with van der Waals surface area (Å²) < 4.78 is 45.5. The first-order chi connectivity index (χ1) is 14.9. The Morgan fingerprint density at radius 2 is 1.77 bits per heavy atom. The number of nitrogens with zero attached hydrogens (tertiary/aromatic N) is 2. The summed E-state index contributed by atoms with van der Waals surface area (Å²) in [6.07, 6.45) is 2.52. The van der Waals surface area contributed by atoms with Gasteiger partial charge in [-0.1, -0.05) is 42.5 Å². The molecule has 1 heterocycles. The summed E-state index contributed by atoms with van der Waals surface area (Å²) in [5, 5.41) is 1.22. The third-order valence-electron chi connectivity index (χ3n) is 5.29. The summed E-state index contributed by atoms with van der Waals surface area (Å²) in [6.45, 7) is 1.11. The molecule has 1 fully saturated rings. The van der Waals surface area contributed by atoms with Gasteiger partial charge in [-0.05, 0) is 36.6 Å². The first kappa shape index (κ1) is 23.0. The van der Waals surface area contributed by atoms with Gasteiger partial charge in [-0.3, -0.25) is 4.79 Å². The highest BCUT2D eigenvalue weighted by Crippen LogP contribution is 2.22. The van der Waals surface area contributed by atoms with Crippen molar-refractivity contribution in [1.82, 2.24) is 9.21 Å². The Morgan fingerprint density at radius 1 is 1.13 bits per heavy atom. The van der Waals surface area contributed by atoms with Crippen LogP contribution >= 0.6 is 0 Å². The van der Waals surface area contributed by atoms with Crippen LogP contribution in [0.3, 0.4) is 0 Å². The maximum Gasteiger partial charge on any atom is 0.236 e. The number of ether oxygens (including phenoxy) is 1. The van der Waals surface area contributed by atoms with Crippen LogP contribution in [0.2, 0.25) is 0 Å². The van der Waals surface area contributed by atoms with Gasteiger partial charge in [-0.25, -0.2) is 12.8 Å². The maximum atomic E-state index is 13.6. The average molecular weight is 447 g/mol. The van der Waals surface area contributed by atoms with E-state index < -0.39 is 15.8 Å². The third-order valence-corrected chi connectivity index (χ3v) is 6.86. The Bertz CT molecular complexity index is 1000. The molecule has 0 spiro atoms. The number of carbonyl (C=O) groups is 1. The molecule has 2 aromatic rings. The molecular weight excluding hydrogens is 419 g/mol. The zero-order chi connectivity index (χ0) is 22.3. The van der Waals surface area contributed by atoms with Crippen LogP contribution in [-0.4, -0.2) is 56.8 Å². The van der Waals surface area contributed by atoms with Crippen molar-refractivity contribution >= 4 is 22.0 Å². The number of likely N-dealkylation sites (N-methyl/N-ethyl adjacent to an activating group) is 1. The van der Waals surface area contributed by atoms with E-state index in [1.54, 1.807) is 36.2 Å². The molecular formula is C23H27FN2O4S. The number of carbonyl (C=O) groups excluding carboxylic acids is 1. The summed E-state index contributed by atoms with van der Waals surface area (Å²) in [5.74, 6) is -0.561. The van der Waals surface area contributed by atoms with Gasteiger partial charge in [0.2, 0.25) is 15.9 Å². The van der Waals surface area contributed by atoms with Crippen LogP contribution < -0.4 is 4.74 Å².